The maximum absolute atomic E-state index is 4.66. The van der Waals surface area contributed by atoms with Crippen molar-refractivity contribution in [2.24, 2.45) is 12.0 Å². The van der Waals surface area contributed by atoms with Crippen molar-refractivity contribution in [2.45, 2.75) is 38.6 Å². The number of hydrogen-bond donors (Lipinski definition) is 0. The number of pyridine rings is 1. The van der Waals surface area contributed by atoms with Crippen LogP contribution in [0.4, 0.5) is 0 Å². The molecular formula is C17H23N2+. The van der Waals surface area contributed by atoms with Crippen molar-refractivity contribution in [1.29, 1.82) is 0 Å². The molecule has 1 aliphatic heterocycles. The molecule has 100 valence electrons. The Balaban J connectivity index is 2.24. The number of rotatable bonds is 2. The van der Waals surface area contributed by atoms with E-state index in [1.54, 1.807) is 0 Å². The molecule has 0 radical (unpaired) electrons. The average Bonchev–Trinajstić information content (AvgIpc) is 2.45. The van der Waals surface area contributed by atoms with Gasteiger partial charge in [0.25, 0.3) is 0 Å². The first kappa shape index (κ1) is 13.7. The van der Waals surface area contributed by atoms with Crippen molar-refractivity contribution >= 4 is 11.8 Å². The van der Waals surface area contributed by atoms with Crippen molar-refractivity contribution < 1.29 is 4.57 Å². The molecule has 1 aromatic heterocycles. The molecule has 1 aliphatic rings. The van der Waals surface area contributed by atoms with Gasteiger partial charge < -0.3 is 0 Å². The number of nitrogens with zero attached hydrogens (tertiary/aromatic N) is 2. The minimum absolute atomic E-state index is 0.484. The van der Waals surface area contributed by atoms with Crippen molar-refractivity contribution in [3.63, 3.8) is 0 Å². The summed E-state index contributed by atoms with van der Waals surface area (Å²) in [5.74, 6) is 0. The minimum atomic E-state index is 0.484. The predicted octanol–water partition coefficient (Wildman–Crippen LogP) is 3.48. The van der Waals surface area contributed by atoms with Crippen molar-refractivity contribution in [2.75, 3.05) is 0 Å². The van der Waals surface area contributed by atoms with E-state index in [-0.39, 0.29) is 0 Å². The molecule has 0 aliphatic carbocycles. The summed E-state index contributed by atoms with van der Waals surface area (Å²) in [7, 11) is 2.04. The second-order valence-electron chi connectivity index (χ2n) is 5.07. The van der Waals surface area contributed by atoms with Gasteiger partial charge in [-0.15, -0.1) is 0 Å². The largest absolute Gasteiger partial charge is 0.290 e. The van der Waals surface area contributed by atoms with Crippen LogP contribution in [0.3, 0.4) is 0 Å². The van der Waals surface area contributed by atoms with Crippen LogP contribution in [-0.4, -0.2) is 12.3 Å². The zero-order valence-electron chi connectivity index (χ0n) is 11.9. The van der Waals surface area contributed by atoms with Crippen LogP contribution in [0.1, 0.15) is 38.2 Å². The van der Waals surface area contributed by atoms with Gasteiger partial charge in [0.05, 0.1) is 0 Å². The lowest BCUT2D eigenvalue weighted by Gasteiger charge is -2.09. The summed E-state index contributed by atoms with van der Waals surface area (Å²) in [5, 5.41) is 0. The highest BCUT2D eigenvalue weighted by Gasteiger charge is 2.04. The number of allylic oxidation sites excluding steroid dienone is 4. The number of hydrogen-bond acceptors (Lipinski definition) is 1. The SMILES string of the molecule is CCC1CCC/C=C\C(c2cc[n+](C)cc2)=C/C=N1. The highest BCUT2D eigenvalue weighted by molar-refractivity contribution is 5.88. The Morgan fingerprint density at radius 2 is 2.11 bits per heavy atom. The molecule has 2 heteroatoms. The Kier molecular flexibility index (Phi) is 5.08. The van der Waals surface area contributed by atoms with Gasteiger partial charge in [-0.05, 0) is 42.9 Å². The van der Waals surface area contributed by atoms with E-state index in [1.807, 2.05) is 13.3 Å². The highest BCUT2D eigenvalue weighted by Crippen LogP contribution is 2.17. The van der Waals surface area contributed by atoms with Crippen LogP contribution in [0.25, 0.3) is 5.57 Å². The fourth-order valence-corrected chi connectivity index (χ4v) is 2.25. The van der Waals surface area contributed by atoms with Crippen LogP contribution in [0.15, 0.2) is 47.7 Å². The third kappa shape index (κ3) is 4.16. The Bertz CT molecular complexity index is 480. The molecule has 19 heavy (non-hydrogen) atoms. The van der Waals surface area contributed by atoms with Gasteiger partial charge in [-0.25, -0.2) is 4.57 Å². The third-order valence-electron chi connectivity index (χ3n) is 3.54. The Hall–Kier alpha value is -1.70. The van der Waals surface area contributed by atoms with Gasteiger partial charge in [0.2, 0.25) is 0 Å². The normalized spacial score (nSPS) is 24.5. The van der Waals surface area contributed by atoms with Crippen LogP contribution in [0.5, 0.6) is 0 Å². The molecule has 0 amide bonds. The summed E-state index contributed by atoms with van der Waals surface area (Å²) in [4.78, 5) is 4.66. The third-order valence-corrected chi connectivity index (χ3v) is 3.54. The lowest BCUT2D eigenvalue weighted by Crippen LogP contribution is -2.25. The van der Waals surface area contributed by atoms with Crippen LogP contribution in [0.2, 0.25) is 0 Å². The average molecular weight is 255 g/mol. The van der Waals surface area contributed by atoms with Crippen molar-refractivity contribution in [3.05, 3.63) is 48.3 Å². The van der Waals surface area contributed by atoms with Crippen molar-refractivity contribution in [1.82, 2.24) is 0 Å². The van der Waals surface area contributed by atoms with Gasteiger partial charge in [-0.1, -0.05) is 19.1 Å². The maximum atomic E-state index is 4.66. The first-order valence-electron chi connectivity index (χ1n) is 7.15. The lowest BCUT2D eigenvalue weighted by atomic mass is 10.0. The van der Waals surface area contributed by atoms with Gasteiger partial charge in [0.1, 0.15) is 7.05 Å². The van der Waals surface area contributed by atoms with Crippen LogP contribution in [0, 0.1) is 0 Å². The Labute approximate surface area is 116 Å². The van der Waals surface area contributed by atoms with Crippen LogP contribution in [-0.2, 0) is 7.05 Å². The van der Waals surface area contributed by atoms with Gasteiger partial charge in [-0.3, -0.25) is 4.99 Å². The molecule has 1 unspecified atom stereocenters. The smallest absolute Gasteiger partial charge is 0.169 e. The van der Waals surface area contributed by atoms with Crippen LogP contribution < -0.4 is 4.57 Å². The summed E-state index contributed by atoms with van der Waals surface area (Å²) in [5.41, 5.74) is 2.48. The molecule has 2 nitrogen and oxygen atoms in total. The summed E-state index contributed by atoms with van der Waals surface area (Å²) in [6, 6.07) is 4.78. The van der Waals surface area contributed by atoms with E-state index >= 15 is 0 Å². The second kappa shape index (κ2) is 7.03. The molecule has 1 atom stereocenters. The molecular weight excluding hydrogens is 232 g/mol. The van der Waals surface area contributed by atoms with E-state index in [0.717, 1.165) is 12.8 Å². The highest BCUT2D eigenvalue weighted by atomic mass is 14.9. The molecule has 0 saturated heterocycles. The molecule has 0 aromatic carbocycles. The molecule has 2 heterocycles. The summed E-state index contributed by atoms with van der Waals surface area (Å²) in [6.45, 7) is 2.21. The molecule has 0 spiro atoms. The fourth-order valence-electron chi connectivity index (χ4n) is 2.25. The van der Waals surface area contributed by atoms with E-state index in [1.165, 1.54) is 24.0 Å². The predicted molar refractivity (Wildman–Crippen MR) is 81.2 cm³/mol. The van der Waals surface area contributed by atoms with Gasteiger partial charge in [-0.2, -0.15) is 0 Å². The minimum Gasteiger partial charge on any atom is -0.290 e. The van der Waals surface area contributed by atoms with E-state index in [0.29, 0.717) is 6.04 Å². The van der Waals surface area contributed by atoms with E-state index in [9.17, 15) is 0 Å². The lowest BCUT2D eigenvalue weighted by molar-refractivity contribution is -0.671. The fraction of sp³-hybridized carbons (Fsp3) is 0.412. The monoisotopic (exact) mass is 255 g/mol. The first-order valence-corrected chi connectivity index (χ1v) is 7.15. The Morgan fingerprint density at radius 3 is 2.84 bits per heavy atom. The molecule has 0 fully saturated rings. The van der Waals surface area contributed by atoms with Gasteiger partial charge in [0, 0.05) is 24.4 Å². The molecule has 1 aromatic rings. The number of aryl methyl sites for hydroxylation is 1. The molecule has 0 N–H and O–H groups in total. The van der Waals surface area contributed by atoms with E-state index in [2.05, 4.69) is 59.2 Å². The first-order chi connectivity index (χ1) is 9.29. The number of aromatic nitrogens is 1. The van der Waals surface area contributed by atoms with Crippen molar-refractivity contribution in [3.8, 4) is 0 Å². The second-order valence-corrected chi connectivity index (χ2v) is 5.07. The van der Waals surface area contributed by atoms with Crippen LogP contribution >= 0.6 is 0 Å². The maximum Gasteiger partial charge on any atom is 0.169 e. The van der Waals surface area contributed by atoms with E-state index < -0.39 is 0 Å². The zero-order chi connectivity index (χ0) is 13.5. The Morgan fingerprint density at radius 1 is 1.32 bits per heavy atom. The number of aliphatic imine (C=N–C) groups is 1. The molecule has 2 rings (SSSR count). The van der Waals surface area contributed by atoms with E-state index in [4.69, 9.17) is 0 Å². The van der Waals surface area contributed by atoms with Gasteiger partial charge >= 0.3 is 0 Å². The van der Waals surface area contributed by atoms with Gasteiger partial charge in [0.15, 0.2) is 12.4 Å². The topological polar surface area (TPSA) is 16.2 Å². The zero-order valence-corrected chi connectivity index (χ0v) is 11.9. The molecule has 0 saturated carbocycles. The summed E-state index contributed by atoms with van der Waals surface area (Å²) >= 11 is 0. The standard InChI is InChI=1S/C17H23N2/c1-3-17-8-6-4-5-7-15(9-12-18-17)16-10-13-19(2)14-11-16/h5,7,9-14,17H,3-4,6,8H2,1-2H3/q+1/b7-5-,15-9+,18-12?. The summed E-state index contributed by atoms with van der Waals surface area (Å²) < 4.78 is 2.05. The molecule has 0 bridgehead atoms. The summed E-state index contributed by atoms with van der Waals surface area (Å²) in [6.07, 6.45) is 17.5. The quantitative estimate of drug-likeness (QED) is 0.719.